The van der Waals surface area contributed by atoms with E-state index in [1.807, 2.05) is 0 Å². The van der Waals surface area contributed by atoms with Crippen LogP contribution in [0.5, 0.6) is 0 Å². The predicted octanol–water partition coefficient (Wildman–Crippen LogP) is 14.6. The van der Waals surface area contributed by atoms with Gasteiger partial charge in [0.05, 0.1) is 33.3 Å². The second-order valence-electron chi connectivity index (χ2n) is 15.8. The van der Waals surface area contributed by atoms with E-state index in [1.54, 1.807) is 0 Å². The van der Waals surface area contributed by atoms with Crippen molar-refractivity contribution in [3.63, 3.8) is 0 Å². The lowest BCUT2D eigenvalue weighted by molar-refractivity contribution is 1.17. The van der Waals surface area contributed by atoms with Crippen molar-refractivity contribution in [3.05, 3.63) is 206 Å². The van der Waals surface area contributed by atoms with Gasteiger partial charge in [-0.2, -0.15) is 0 Å². The van der Waals surface area contributed by atoms with Gasteiger partial charge in [0, 0.05) is 49.4 Å². The Morgan fingerprint density at radius 1 is 0.300 bits per heavy atom. The minimum Gasteiger partial charge on any atom is -0.309 e. The number of hydrogen-bond acceptors (Lipinski definition) is 2. The molecule has 60 heavy (non-hydrogen) atoms. The van der Waals surface area contributed by atoms with Gasteiger partial charge < -0.3 is 9.13 Å². The fourth-order valence-electron chi connectivity index (χ4n) is 9.64. The lowest BCUT2D eigenvalue weighted by Gasteiger charge is -2.12. The van der Waals surface area contributed by atoms with Gasteiger partial charge in [0.25, 0.3) is 0 Å². The summed E-state index contributed by atoms with van der Waals surface area (Å²) in [5, 5.41) is 13.4. The molecule has 0 atom stereocenters. The third-order valence-corrected chi connectivity index (χ3v) is 12.4. The SMILES string of the molecule is c1ccc(-n2c3cc(-c4nc(-c5ccc(-n6c7cc8ccccc8cc7c7c8ccccc8ccc76)cc5)nc5ccccc45)ccc3c3cc4ccccc4cc32)cc1. The summed E-state index contributed by atoms with van der Waals surface area (Å²) in [6, 6.07) is 74.4. The number of fused-ring (bicyclic) bond motifs is 11. The van der Waals surface area contributed by atoms with Crippen LogP contribution in [0, 0.1) is 0 Å². The molecule has 0 aliphatic carbocycles. The molecule has 0 fully saturated rings. The fraction of sp³-hybridized carbons (Fsp3) is 0. The fourth-order valence-corrected chi connectivity index (χ4v) is 9.64. The molecule has 0 bridgehead atoms. The van der Waals surface area contributed by atoms with Crippen LogP contribution < -0.4 is 0 Å². The van der Waals surface area contributed by atoms with Crippen LogP contribution in [0.15, 0.2) is 206 Å². The zero-order valence-electron chi connectivity index (χ0n) is 32.4. The first-order valence-corrected chi connectivity index (χ1v) is 20.5. The number of nitrogens with zero attached hydrogens (tertiary/aromatic N) is 4. The van der Waals surface area contributed by atoms with Gasteiger partial charge >= 0.3 is 0 Å². The minimum atomic E-state index is 0.699. The van der Waals surface area contributed by atoms with Crippen LogP contribution >= 0.6 is 0 Å². The number of rotatable bonds is 4. The normalized spacial score (nSPS) is 12.0. The second-order valence-corrected chi connectivity index (χ2v) is 15.8. The highest BCUT2D eigenvalue weighted by atomic mass is 15.0. The number of para-hydroxylation sites is 2. The maximum absolute atomic E-state index is 5.38. The van der Waals surface area contributed by atoms with Crippen LogP contribution in [0.1, 0.15) is 0 Å². The molecule has 0 amide bonds. The molecule has 3 heterocycles. The standard InChI is InChI=1S/C56H34N4/c1-2-17-42(18-3-1)60-51-34-41(24-28-45(51)47-30-37-13-4-6-15-39(37)32-52(47)60)55-46-20-10-11-21-49(46)57-56(58-55)36-22-26-43(27-23-36)59-50-29-25-35-12-8-9-19-44(35)54(50)48-31-38-14-5-7-16-40(38)33-53(48)59/h1-34H. The molecule has 10 aromatic carbocycles. The number of benzene rings is 10. The monoisotopic (exact) mass is 762 g/mol. The zero-order chi connectivity index (χ0) is 39.3. The van der Waals surface area contributed by atoms with Gasteiger partial charge in [-0.25, -0.2) is 9.97 Å². The quantitative estimate of drug-likeness (QED) is 0.179. The van der Waals surface area contributed by atoms with Gasteiger partial charge in [-0.3, -0.25) is 0 Å². The Bertz CT molecular complexity index is 3880. The van der Waals surface area contributed by atoms with Crippen LogP contribution in [0.25, 0.3) is 121 Å². The molecule has 0 saturated heterocycles. The lowest BCUT2D eigenvalue weighted by atomic mass is 10.0. The molecule has 0 saturated carbocycles. The Labute approximate surface area is 344 Å². The topological polar surface area (TPSA) is 35.6 Å². The highest BCUT2D eigenvalue weighted by Gasteiger charge is 2.19. The van der Waals surface area contributed by atoms with E-state index < -0.39 is 0 Å². The van der Waals surface area contributed by atoms with Crippen molar-refractivity contribution in [2.75, 3.05) is 0 Å². The summed E-state index contributed by atoms with van der Waals surface area (Å²) >= 11 is 0. The Balaban J connectivity index is 0.987. The van der Waals surface area contributed by atoms with Crippen LogP contribution in [0.2, 0.25) is 0 Å². The Morgan fingerprint density at radius 2 is 0.850 bits per heavy atom. The van der Waals surface area contributed by atoms with Gasteiger partial charge in [0.15, 0.2) is 5.82 Å². The van der Waals surface area contributed by atoms with E-state index in [0.717, 1.165) is 44.6 Å². The highest BCUT2D eigenvalue weighted by Crippen LogP contribution is 2.41. The van der Waals surface area contributed by atoms with Crippen LogP contribution in [-0.2, 0) is 0 Å². The number of hydrogen-bond donors (Lipinski definition) is 0. The maximum Gasteiger partial charge on any atom is 0.160 e. The molecule has 4 nitrogen and oxygen atoms in total. The summed E-state index contributed by atoms with van der Waals surface area (Å²) in [5.41, 5.74) is 10.8. The molecule has 0 radical (unpaired) electrons. The third kappa shape index (κ3) is 4.91. The van der Waals surface area contributed by atoms with E-state index in [4.69, 9.17) is 9.97 Å². The largest absolute Gasteiger partial charge is 0.309 e. The van der Waals surface area contributed by atoms with Crippen molar-refractivity contribution < 1.29 is 0 Å². The summed E-state index contributed by atoms with van der Waals surface area (Å²) in [6.45, 7) is 0. The van der Waals surface area contributed by atoms with Crippen molar-refractivity contribution in [1.82, 2.24) is 19.1 Å². The van der Waals surface area contributed by atoms with Crippen molar-refractivity contribution in [2.45, 2.75) is 0 Å². The van der Waals surface area contributed by atoms with Gasteiger partial charge in [-0.1, -0.05) is 127 Å². The molecule has 13 rings (SSSR count). The first-order valence-electron chi connectivity index (χ1n) is 20.5. The second kappa shape index (κ2) is 12.7. The van der Waals surface area contributed by atoms with Gasteiger partial charge in [-0.05, 0) is 111 Å². The summed E-state index contributed by atoms with van der Waals surface area (Å²) < 4.78 is 4.80. The average molecular weight is 763 g/mol. The Hall–Kier alpha value is -8.08. The molecule has 0 unspecified atom stereocenters. The average Bonchev–Trinajstić information content (AvgIpc) is 3.81. The predicted molar refractivity (Wildman–Crippen MR) is 252 cm³/mol. The van der Waals surface area contributed by atoms with Gasteiger partial charge in [0.2, 0.25) is 0 Å². The molecular weight excluding hydrogens is 729 g/mol. The third-order valence-electron chi connectivity index (χ3n) is 12.4. The van der Waals surface area contributed by atoms with Crippen molar-refractivity contribution in [3.8, 4) is 34.0 Å². The van der Waals surface area contributed by atoms with Gasteiger partial charge in [-0.15, -0.1) is 0 Å². The summed E-state index contributed by atoms with van der Waals surface area (Å²) in [7, 11) is 0. The molecule has 0 N–H and O–H groups in total. The number of aromatic nitrogens is 4. The highest BCUT2D eigenvalue weighted by molar-refractivity contribution is 6.23. The summed E-state index contributed by atoms with van der Waals surface area (Å²) in [6.07, 6.45) is 0. The van der Waals surface area contributed by atoms with E-state index in [-0.39, 0.29) is 0 Å². The van der Waals surface area contributed by atoms with E-state index in [1.165, 1.54) is 70.4 Å². The summed E-state index contributed by atoms with van der Waals surface area (Å²) in [5.74, 6) is 0.699. The Morgan fingerprint density at radius 3 is 1.60 bits per heavy atom. The molecule has 0 aliphatic rings. The lowest BCUT2D eigenvalue weighted by Crippen LogP contribution is -1.97. The molecule has 4 heteroatoms. The maximum atomic E-state index is 5.38. The zero-order valence-corrected chi connectivity index (χ0v) is 32.4. The van der Waals surface area contributed by atoms with Crippen LogP contribution in [-0.4, -0.2) is 19.1 Å². The minimum absolute atomic E-state index is 0.699. The van der Waals surface area contributed by atoms with E-state index in [2.05, 4.69) is 215 Å². The van der Waals surface area contributed by atoms with E-state index in [0.29, 0.717) is 5.82 Å². The van der Waals surface area contributed by atoms with Gasteiger partial charge in [0.1, 0.15) is 0 Å². The van der Waals surface area contributed by atoms with E-state index in [9.17, 15) is 0 Å². The van der Waals surface area contributed by atoms with Crippen molar-refractivity contribution >= 4 is 86.8 Å². The van der Waals surface area contributed by atoms with Crippen molar-refractivity contribution in [2.24, 2.45) is 0 Å². The molecule has 0 aliphatic heterocycles. The first kappa shape index (κ1) is 32.9. The first-order chi connectivity index (χ1) is 29.7. The summed E-state index contributed by atoms with van der Waals surface area (Å²) in [4.78, 5) is 10.5. The van der Waals surface area contributed by atoms with E-state index >= 15 is 0 Å². The molecule has 278 valence electrons. The molecule has 13 aromatic rings. The van der Waals surface area contributed by atoms with Crippen LogP contribution in [0.3, 0.4) is 0 Å². The molecule has 0 spiro atoms. The van der Waals surface area contributed by atoms with Crippen molar-refractivity contribution in [1.29, 1.82) is 0 Å². The smallest absolute Gasteiger partial charge is 0.160 e. The molecular formula is C56H34N4. The Kier molecular flexibility index (Phi) is 6.98. The molecule has 3 aromatic heterocycles. The van der Waals surface area contributed by atoms with Crippen LogP contribution in [0.4, 0.5) is 0 Å².